The number of carbonyl (C=O) groups excluding carboxylic acids is 2. The highest BCUT2D eigenvalue weighted by atomic mass is 16.6. The number of para-hydroxylation sites is 1. The molecule has 0 unspecified atom stereocenters. The third kappa shape index (κ3) is 4.54. The summed E-state index contributed by atoms with van der Waals surface area (Å²) in [7, 11) is 0. The fourth-order valence-corrected chi connectivity index (χ4v) is 4.46. The minimum absolute atomic E-state index is 0.348. The van der Waals surface area contributed by atoms with Crippen LogP contribution in [0.5, 0.6) is 11.5 Å². The monoisotopic (exact) mass is 490 g/mol. The van der Waals surface area contributed by atoms with Gasteiger partial charge in [0.25, 0.3) is 5.91 Å². The molecule has 0 saturated carbocycles. The van der Waals surface area contributed by atoms with Gasteiger partial charge in [0.15, 0.2) is 18.1 Å². The van der Waals surface area contributed by atoms with Crippen molar-refractivity contribution in [3.63, 3.8) is 0 Å². The fourth-order valence-electron chi connectivity index (χ4n) is 4.46. The van der Waals surface area contributed by atoms with Crippen LogP contribution in [0.15, 0.2) is 91.0 Å². The molecule has 0 spiro atoms. The van der Waals surface area contributed by atoms with Crippen LogP contribution >= 0.6 is 0 Å². The highest BCUT2D eigenvalue weighted by molar-refractivity contribution is 6.07. The van der Waals surface area contributed by atoms with E-state index in [9.17, 15) is 9.59 Å². The highest BCUT2D eigenvalue weighted by Crippen LogP contribution is 2.33. The van der Waals surface area contributed by atoms with E-state index in [1.54, 1.807) is 24.3 Å². The van der Waals surface area contributed by atoms with Crippen molar-refractivity contribution < 1.29 is 23.8 Å². The number of esters is 1. The molecule has 7 heteroatoms. The van der Waals surface area contributed by atoms with Crippen LogP contribution in [0.1, 0.15) is 10.4 Å². The normalized spacial score (nSPS) is 12.3. The summed E-state index contributed by atoms with van der Waals surface area (Å²) in [6.45, 7) is 0.497. The van der Waals surface area contributed by atoms with E-state index in [2.05, 4.69) is 5.32 Å². The van der Waals surface area contributed by atoms with Crippen LogP contribution < -0.4 is 14.8 Å². The van der Waals surface area contributed by atoms with E-state index in [4.69, 9.17) is 19.2 Å². The molecular weight excluding hydrogens is 468 g/mol. The van der Waals surface area contributed by atoms with Gasteiger partial charge < -0.3 is 19.5 Å². The third-order valence-electron chi connectivity index (χ3n) is 6.16. The molecule has 1 aromatic heterocycles. The molecule has 37 heavy (non-hydrogen) atoms. The summed E-state index contributed by atoms with van der Waals surface area (Å²) in [5, 5.41) is 5.50. The van der Waals surface area contributed by atoms with Crippen molar-refractivity contribution >= 4 is 39.2 Å². The molecule has 0 bridgehead atoms. The number of benzene rings is 4. The molecular formula is C30H22N2O5. The Balaban J connectivity index is 1.25. The number of ether oxygens (including phenoxy) is 3. The Morgan fingerprint density at radius 2 is 1.57 bits per heavy atom. The lowest BCUT2D eigenvalue weighted by molar-refractivity contribution is -0.119. The zero-order chi connectivity index (χ0) is 25.2. The number of anilines is 1. The Bertz CT molecular complexity index is 1660. The van der Waals surface area contributed by atoms with Gasteiger partial charge in [0, 0.05) is 22.7 Å². The predicted octanol–water partition coefficient (Wildman–Crippen LogP) is 5.62. The molecule has 2 heterocycles. The van der Waals surface area contributed by atoms with E-state index in [1.807, 2.05) is 66.7 Å². The number of rotatable bonds is 5. The van der Waals surface area contributed by atoms with Crippen molar-refractivity contribution in [1.29, 1.82) is 0 Å². The lowest BCUT2D eigenvalue weighted by atomic mass is 9.99. The van der Waals surface area contributed by atoms with Crippen LogP contribution in [0.2, 0.25) is 0 Å². The number of pyridine rings is 1. The number of aromatic nitrogens is 1. The Kier molecular flexibility index (Phi) is 5.86. The number of carbonyl (C=O) groups is 2. The van der Waals surface area contributed by atoms with Gasteiger partial charge >= 0.3 is 5.97 Å². The second-order valence-corrected chi connectivity index (χ2v) is 8.58. The minimum Gasteiger partial charge on any atom is -0.486 e. The average Bonchev–Trinajstić information content (AvgIpc) is 2.95. The van der Waals surface area contributed by atoms with E-state index < -0.39 is 18.5 Å². The lowest BCUT2D eigenvalue weighted by Gasteiger charge is -2.19. The molecule has 0 atom stereocenters. The van der Waals surface area contributed by atoms with Gasteiger partial charge in [-0.1, -0.05) is 60.7 Å². The second kappa shape index (κ2) is 9.62. The largest absolute Gasteiger partial charge is 0.486 e. The Labute approximate surface area is 212 Å². The van der Waals surface area contributed by atoms with Crippen LogP contribution in [0.25, 0.3) is 32.9 Å². The van der Waals surface area contributed by atoms with Gasteiger partial charge in [-0.3, -0.25) is 4.79 Å². The summed E-state index contributed by atoms with van der Waals surface area (Å²) >= 11 is 0. The summed E-state index contributed by atoms with van der Waals surface area (Å²) in [4.78, 5) is 30.5. The summed E-state index contributed by atoms with van der Waals surface area (Å²) < 4.78 is 16.5. The Hall–Kier alpha value is -4.91. The number of hydrogen-bond donors (Lipinski definition) is 1. The summed E-state index contributed by atoms with van der Waals surface area (Å²) in [5.41, 5.74) is 3.11. The van der Waals surface area contributed by atoms with E-state index in [1.165, 1.54) is 0 Å². The topological polar surface area (TPSA) is 86.8 Å². The van der Waals surface area contributed by atoms with Crippen LogP contribution in [0, 0.1) is 0 Å². The van der Waals surface area contributed by atoms with Crippen LogP contribution in [0.4, 0.5) is 5.69 Å². The first kappa shape index (κ1) is 22.5. The van der Waals surface area contributed by atoms with Gasteiger partial charge in [-0.2, -0.15) is 0 Å². The van der Waals surface area contributed by atoms with Gasteiger partial charge in [-0.25, -0.2) is 9.78 Å². The number of nitrogens with one attached hydrogen (secondary N) is 1. The average molecular weight is 491 g/mol. The molecule has 7 nitrogen and oxygen atoms in total. The van der Waals surface area contributed by atoms with Crippen molar-refractivity contribution in [3.8, 4) is 22.8 Å². The maximum Gasteiger partial charge on any atom is 0.339 e. The molecule has 182 valence electrons. The van der Waals surface area contributed by atoms with Crippen molar-refractivity contribution in [1.82, 2.24) is 4.98 Å². The summed E-state index contributed by atoms with van der Waals surface area (Å²) in [6.07, 6.45) is 0. The Morgan fingerprint density at radius 1 is 0.811 bits per heavy atom. The number of hydrogen-bond acceptors (Lipinski definition) is 6. The van der Waals surface area contributed by atoms with Crippen molar-refractivity contribution in [2.75, 3.05) is 25.1 Å². The van der Waals surface area contributed by atoms with Crippen molar-refractivity contribution in [3.05, 3.63) is 96.6 Å². The minimum atomic E-state index is -0.600. The first-order chi connectivity index (χ1) is 18.2. The van der Waals surface area contributed by atoms with E-state index in [-0.39, 0.29) is 0 Å². The van der Waals surface area contributed by atoms with Crippen molar-refractivity contribution in [2.45, 2.75) is 0 Å². The Morgan fingerprint density at radius 3 is 2.46 bits per heavy atom. The molecule has 6 rings (SSSR count). The maximum absolute atomic E-state index is 13.2. The van der Waals surface area contributed by atoms with Gasteiger partial charge in [0.05, 0.1) is 16.8 Å². The molecule has 0 aliphatic carbocycles. The van der Waals surface area contributed by atoms with Gasteiger partial charge in [0.2, 0.25) is 0 Å². The lowest BCUT2D eigenvalue weighted by Crippen LogP contribution is -2.21. The number of fused-ring (bicyclic) bond motifs is 3. The first-order valence-electron chi connectivity index (χ1n) is 11.9. The zero-order valence-corrected chi connectivity index (χ0v) is 19.8. The second-order valence-electron chi connectivity index (χ2n) is 8.58. The number of amides is 1. The predicted molar refractivity (Wildman–Crippen MR) is 141 cm³/mol. The fraction of sp³-hybridized carbons (Fsp3) is 0.100. The van der Waals surface area contributed by atoms with Crippen molar-refractivity contribution in [2.24, 2.45) is 0 Å². The van der Waals surface area contributed by atoms with E-state index >= 15 is 0 Å². The first-order valence-corrected chi connectivity index (χ1v) is 11.9. The quantitative estimate of drug-likeness (QED) is 0.322. The molecule has 1 N–H and O–H groups in total. The molecule has 0 radical (unpaired) electrons. The van der Waals surface area contributed by atoms with Crippen LogP contribution in [-0.2, 0) is 9.53 Å². The van der Waals surface area contributed by atoms with Gasteiger partial charge in [-0.05, 0) is 35.0 Å². The summed E-state index contributed by atoms with van der Waals surface area (Å²) in [5.74, 6) is 0.127. The molecule has 1 aliphatic rings. The van der Waals surface area contributed by atoms with Gasteiger partial charge in [-0.15, -0.1) is 0 Å². The molecule has 4 aromatic carbocycles. The van der Waals surface area contributed by atoms with E-state index in [0.717, 1.165) is 16.3 Å². The zero-order valence-electron chi connectivity index (χ0n) is 19.8. The van der Waals surface area contributed by atoms with Gasteiger partial charge in [0.1, 0.15) is 13.2 Å². The molecule has 5 aromatic rings. The maximum atomic E-state index is 13.2. The highest BCUT2D eigenvalue weighted by Gasteiger charge is 2.18. The number of nitrogens with zero attached hydrogens (tertiary/aromatic N) is 1. The smallest absolute Gasteiger partial charge is 0.339 e. The van der Waals surface area contributed by atoms with Crippen LogP contribution in [-0.4, -0.2) is 36.7 Å². The molecule has 0 saturated heterocycles. The summed E-state index contributed by atoms with van der Waals surface area (Å²) in [6, 6.07) is 28.2. The third-order valence-corrected chi connectivity index (χ3v) is 6.16. The SMILES string of the molecule is O=C(COC(=O)c1cc(-c2cccc3ccccc23)nc2ccccc12)Nc1ccc2c(c1)OCCO2. The molecule has 0 fully saturated rings. The van der Waals surface area contributed by atoms with E-state index in [0.29, 0.717) is 52.6 Å². The molecule has 1 aliphatic heterocycles. The van der Waals surface area contributed by atoms with Crippen LogP contribution in [0.3, 0.4) is 0 Å². The standard InChI is InChI=1S/C30H22N2O5/c33-29(31-20-12-13-27-28(16-20)36-15-14-35-27)18-37-30(34)24-17-26(32-25-11-4-3-9-23(24)25)22-10-5-7-19-6-1-2-8-21(19)22/h1-13,16-17H,14-15,18H2,(H,31,33). The molecule has 1 amide bonds.